The Morgan fingerprint density at radius 1 is 1.05 bits per heavy atom. The molecule has 0 amide bonds. The Labute approximate surface area is 121 Å². The molecule has 0 saturated heterocycles. The fourth-order valence-electron chi connectivity index (χ4n) is 1.63. The molecule has 0 heterocycles. The highest BCUT2D eigenvalue weighted by atomic mass is 35.5. The van der Waals surface area contributed by atoms with Crippen LogP contribution in [0, 0.1) is 22.7 Å². The maximum absolute atomic E-state index is 9.08. The van der Waals surface area contributed by atoms with E-state index in [0.29, 0.717) is 33.2 Å². The van der Waals surface area contributed by atoms with Gasteiger partial charge in [0.15, 0.2) is 0 Å². The number of ether oxygens (including phenoxy) is 1. The van der Waals surface area contributed by atoms with Crippen LogP contribution in [0.1, 0.15) is 16.7 Å². The van der Waals surface area contributed by atoms with Gasteiger partial charge in [0.2, 0.25) is 0 Å². The van der Waals surface area contributed by atoms with Crippen LogP contribution in [0.15, 0.2) is 36.4 Å². The van der Waals surface area contributed by atoms with Crippen LogP contribution < -0.4 is 4.74 Å². The van der Waals surface area contributed by atoms with Gasteiger partial charge in [-0.2, -0.15) is 10.5 Å². The van der Waals surface area contributed by atoms with Gasteiger partial charge < -0.3 is 9.84 Å². The normalized spacial score (nSPS) is 9.60. The summed E-state index contributed by atoms with van der Waals surface area (Å²) in [4.78, 5) is 0. The van der Waals surface area contributed by atoms with E-state index in [-0.39, 0.29) is 6.61 Å². The van der Waals surface area contributed by atoms with Crippen molar-refractivity contribution in [2.24, 2.45) is 0 Å². The van der Waals surface area contributed by atoms with E-state index in [2.05, 4.69) is 0 Å². The van der Waals surface area contributed by atoms with Crippen molar-refractivity contribution in [2.75, 3.05) is 0 Å². The Hall–Kier alpha value is -2.53. The van der Waals surface area contributed by atoms with Crippen molar-refractivity contribution in [3.05, 3.63) is 58.1 Å². The van der Waals surface area contributed by atoms with Crippen molar-refractivity contribution in [1.29, 1.82) is 10.5 Å². The lowest BCUT2D eigenvalue weighted by Gasteiger charge is -2.09. The summed E-state index contributed by atoms with van der Waals surface area (Å²) in [6, 6.07) is 13.5. The van der Waals surface area contributed by atoms with Gasteiger partial charge in [0, 0.05) is 6.07 Å². The maximum atomic E-state index is 9.08. The van der Waals surface area contributed by atoms with E-state index in [1.807, 2.05) is 12.1 Å². The third-order valence-electron chi connectivity index (χ3n) is 2.63. The number of aliphatic hydroxyl groups is 1. The van der Waals surface area contributed by atoms with Gasteiger partial charge in [-0.3, -0.25) is 0 Å². The second-order valence-corrected chi connectivity index (χ2v) is 4.36. The molecule has 0 atom stereocenters. The Bertz CT molecular complexity index is 730. The van der Waals surface area contributed by atoms with Gasteiger partial charge in [0.25, 0.3) is 0 Å². The van der Waals surface area contributed by atoms with Crippen LogP contribution in [-0.2, 0) is 6.61 Å². The molecule has 20 heavy (non-hydrogen) atoms. The van der Waals surface area contributed by atoms with Crippen molar-refractivity contribution in [2.45, 2.75) is 6.61 Å². The van der Waals surface area contributed by atoms with Gasteiger partial charge in [-0.05, 0) is 29.8 Å². The minimum absolute atomic E-state index is 0.144. The summed E-state index contributed by atoms with van der Waals surface area (Å²) in [6.07, 6.45) is 0. The van der Waals surface area contributed by atoms with Crippen molar-refractivity contribution < 1.29 is 9.84 Å². The van der Waals surface area contributed by atoms with Crippen LogP contribution in [0.25, 0.3) is 0 Å². The molecule has 0 aliphatic heterocycles. The van der Waals surface area contributed by atoms with E-state index in [1.165, 1.54) is 6.07 Å². The summed E-state index contributed by atoms with van der Waals surface area (Å²) < 4.78 is 5.58. The van der Waals surface area contributed by atoms with Crippen LogP contribution in [0.3, 0.4) is 0 Å². The zero-order valence-electron chi connectivity index (χ0n) is 10.3. The third-order valence-corrected chi connectivity index (χ3v) is 2.96. The fourth-order valence-corrected chi connectivity index (χ4v) is 1.79. The Balaban J connectivity index is 2.36. The number of hydrogen-bond acceptors (Lipinski definition) is 4. The van der Waals surface area contributed by atoms with E-state index >= 15 is 0 Å². The quantitative estimate of drug-likeness (QED) is 0.937. The van der Waals surface area contributed by atoms with Gasteiger partial charge in [-0.15, -0.1) is 0 Å². The molecule has 2 aromatic carbocycles. The average molecular weight is 285 g/mol. The number of aliphatic hydroxyl groups excluding tert-OH is 1. The number of halogens is 1. The first-order chi connectivity index (χ1) is 9.67. The highest BCUT2D eigenvalue weighted by Crippen LogP contribution is 2.28. The molecule has 0 unspecified atom stereocenters. The minimum Gasteiger partial charge on any atom is -0.456 e. The molecular formula is C15H9ClN2O2. The molecule has 5 heteroatoms. The van der Waals surface area contributed by atoms with E-state index in [9.17, 15) is 0 Å². The molecule has 0 fully saturated rings. The van der Waals surface area contributed by atoms with E-state index in [1.54, 1.807) is 30.3 Å². The Morgan fingerprint density at radius 3 is 2.45 bits per heavy atom. The van der Waals surface area contributed by atoms with E-state index < -0.39 is 0 Å². The predicted molar refractivity (Wildman–Crippen MR) is 73.3 cm³/mol. The highest BCUT2D eigenvalue weighted by molar-refractivity contribution is 6.31. The second kappa shape index (κ2) is 6.08. The molecule has 0 bridgehead atoms. The molecule has 0 aliphatic rings. The molecule has 0 spiro atoms. The van der Waals surface area contributed by atoms with Gasteiger partial charge in [-0.1, -0.05) is 17.7 Å². The minimum atomic E-state index is -0.144. The van der Waals surface area contributed by atoms with Crippen LogP contribution in [0.5, 0.6) is 11.5 Å². The lowest BCUT2D eigenvalue weighted by Crippen LogP contribution is -1.92. The summed E-state index contributed by atoms with van der Waals surface area (Å²) in [7, 11) is 0. The summed E-state index contributed by atoms with van der Waals surface area (Å²) in [5, 5.41) is 27.4. The van der Waals surface area contributed by atoms with E-state index in [0.717, 1.165) is 0 Å². The molecule has 98 valence electrons. The smallest absolute Gasteiger partial charge is 0.145 e. The summed E-state index contributed by atoms with van der Waals surface area (Å²) >= 11 is 5.84. The van der Waals surface area contributed by atoms with Crippen molar-refractivity contribution in [3.8, 4) is 23.6 Å². The maximum Gasteiger partial charge on any atom is 0.145 e. The largest absolute Gasteiger partial charge is 0.456 e. The number of nitrogens with zero attached hydrogens (tertiary/aromatic N) is 2. The van der Waals surface area contributed by atoms with Crippen LogP contribution in [0.2, 0.25) is 5.02 Å². The molecule has 0 aliphatic carbocycles. The van der Waals surface area contributed by atoms with Gasteiger partial charge in [0.05, 0.1) is 22.8 Å². The first-order valence-electron chi connectivity index (χ1n) is 5.69. The average Bonchev–Trinajstić information content (AvgIpc) is 2.49. The summed E-state index contributed by atoms with van der Waals surface area (Å²) in [6.45, 7) is -0.144. The molecule has 0 radical (unpaired) electrons. The van der Waals surface area contributed by atoms with Gasteiger partial charge >= 0.3 is 0 Å². The monoisotopic (exact) mass is 284 g/mol. The topological polar surface area (TPSA) is 77.0 Å². The van der Waals surface area contributed by atoms with Crippen LogP contribution in [-0.4, -0.2) is 5.11 Å². The van der Waals surface area contributed by atoms with E-state index in [4.69, 9.17) is 32.0 Å². The SMILES string of the molecule is N#Cc1cc(Oc2ccc(CO)cc2C#N)ccc1Cl. The molecule has 2 rings (SSSR count). The lowest BCUT2D eigenvalue weighted by molar-refractivity contribution is 0.281. The van der Waals surface area contributed by atoms with Crippen molar-refractivity contribution in [1.82, 2.24) is 0 Å². The van der Waals surface area contributed by atoms with Gasteiger partial charge in [0.1, 0.15) is 23.6 Å². The predicted octanol–water partition coefficient (Wildman–Crippen LogP) is 3.37. The fraction of sp³-hybridized carbons (Fsp3) is 0.0667. The standard InChI is InChI=1S/C15H9ClN2O2/c16-14-3-2-13(6-11(14)7-17)20-15-4-1-10(9-19)5-12(15)8-18/h1-6,19H,9H2. The van der Waals surface area contributed by atoms with Crippen LogP contribution in [0.4, 0.5) is 0 Å². The number of hydrogen-bond donors (Lipinski definition) is 1. The summed E-state index contributed by atoms with van der Waals surface area (Å²) in [5.41, 5.74) is 1.24. The zero-order chi connectivity index (χ0) is 14.5. The van der Waals surface area contributed by atoms with Crippen LogP contribution >= 0.6 is 11.6 Å². The molecule has 2 aromatic rings. The third kappa shape index (κ3) is 2.89. The zero-order valence-corrected chi connectivity index (χ0v) is 11.1. The Morgan fingerprint density at radius 2 is 1.80 bits per heavy atom. The molecule has 0 aromatic heterocycles. The first-order valence-corrected chi connectivity index (χ1v) is 6.07. The molecular weight excluding hydrogens is 276 g/mol. The van der Waals surface area contributed by atoms with Crippen molar-refractivity contribution in [3.63, 3.8) is 0 Å². The summed E-state index contributed by atoms with van der Waals surface area (Å²) in [5.74, 6) is 0.773. The number of benzene rings is 2. The highest BCUT2D eigenvalue weighted by Gasteiger charge is 2.08. The van der Waals surface area contributed by atoms with Gasteiger partial charge in [-0.25, -0.2) is 0 Å². The molecule has 4 nitrogen and oxygen atoms in total. The van der Waals surface area contributed by atoms with Crippen molar-refractivity contribution >= 4 is 11.6 Å². The number of nitriles is 2. The second-order valence-electron chi connectivity index (χ2n) is 3.96. The lowest BCUT2D eigenvalue weighted by atomic mass is 10.1. The molecule has 1 N–H and O–H groups in total. The Kier molecular flexibility index (Phi) is 4.22. The molecule has 0 saturated carbocycles. The number of rotatable bonds is 3. The first kappa shape index (κ1) is 13.9.